The van der Waals surface area contributed by atoms with E-state index in [1.807, 2.05) is 6.92 Å². The van der Waals surface area contributed by atoms with Crippen LogP contribution < -0.4 is 5.14 Å². The minimum Gasteiger partial charge on any atom is -0.380 e. The molecule has 0 heterocycles. The Kier molecular flexibility index (Phi) is 5.29. The van der Waals surface area contributed by atoms with Crippen LogP contribution in [-0.4, -0.2) is 18.8 Å². The van der Waals surface area contributed by atoms with E-state index in [-0.39, 0.29) is 5.12 Å². The SMILES string of the molecule is COC/C(C)=C/C(=O)SN. The zero-order chi connectivity index (χ0) is 7.98. The lowest BCUT2D eigenvalue weighted by atomic mass is 10.3. The third-order valence-electron chi connectivity index (χ3n) is 0.852. The van der Waals surface area contributed by atoms with E-state index in [1.54, 1.807) is 7.11 Å². The second-order valence-electron chi connectivity index (χ2n) is 1.86. The minimum absolute atomic E-state index is 0.144. The van der Waals surface area contributed by atoms with E-state index >= 15 is 0 Å². The van der Waals surface area contributed by atoms with Gasteiger partial charge in [0.2, 0.25) is 5.12 Å². The first-order valence-electron chi connectivity index (χ1n) is 2.77. The number of hydrogen-bond acceptors (Lipinski definition) is 4. The number of hydrogen-bond donors (Lipinski definition) is 1. The molecule has 0 radical (unpaired) electrons. The lowest BCUT2D eigenvalue weighted by Gasteiger charge is -1.95. The Bertz CT molecular complexity index is 145. The number of carbonyl (C=O) groups is 1. The Hall–Kier alpha value is -0.320. The van der Waals surface area contributed by atoms with Crippen LogP contribution in [0.5, 0.6) is 0 Å². The summed E-state index contributed by atoms with van der Waals surface area (Å²) in [5.74, 6) is 0. The van der Waals surface area contributed by atoms with Crippen LogP contribution in [0, 0.1) is 0 Å². The number of carbonyl (C=O) groups excluding carboxylic acids is 1. The maximum Gasteiger partial charge on any atom is 0.226 e. The first kappa shape index (κ1) is 9.68. The van der Waals surface area contributed by atoms with Crippen molar-refractivity contribution in [1.29, 1.82) is 0 Å². The molecule has 0 aliphatic carbocycles. The normalized spacial score (nSPS) is 11.7. The summed E-state index contributed by atoms with van der Waals surface area (Å²) in [5, 5.41) is 4.85. The molecule has 0 saturated carbocycles. The van der Waals surface area contributed by atoms with Gasteiger partial charge in [-0.05, 0) is 30.5 Å². The van der Waals surface area contributed by atoms with E-state index in [4.69, 9.17) is 9.88 Å². The Morgan fingerprint density at radius 2 is 2.40 bits per heavy atom. The fraction of sp³-hybridized carbons (Fsp3) is 0.500. The van der Waals surface area contributed by atoms with Crippen molar-refractivity contribution in [3.63, 3.8) is 0 Å². The van der Waals surface area contributed by atoms with Gasteiger partial charge < -0.3 is 4.74 Å². The van der Waals surface area contributed by atoms with Crippen LogP contribution in [0.3, 0.4) is 0 Å². The van der Waals surface area contributed by atoms with Crippen molar-refractivity contribution < 1.29 is 9.53 Å². The van der Waals surface area contributed by atoms with Gasteiger partial charge in [-0.15, -0.1) is 0 Å². The summed E-state index contributed by atoms with van der Waals surface area (Å²) in [4.78, 5) is 10.6. The molecule has 0 aliphatic rings. The highest BCUT2D eigenvalue weighted by Crippen LogP contribution is 1.97. The molecule has 0 bridgehead atoms. The molecule has 0 amide bonds. The zero-order valence-electron chi connectivity index (χ0n) is 6.09. The van der Waals surface area contributed by atoms with Gasteiger partial charge >= 0.3 is 0 Å². The van der Waals surface area contributed by atoms with Gasteiger partial charge in [0, 0.05) is 7.11 Å². The van der Waals surface area contributed by atoms with Crippen LogP contribution >= 0.6 is 11.9 Å². The van der Waals surface area contributed by atoms with Gasteiger partial charge in [-0.25, -0.2) is 0 Å². The zero-order valence-corrected chi connectivity index (χ0v) is 6.90. The van der Waals surface area contributed by atoms with Crippen molar-refractivity contribution in [1.82, 2.24) is 0 Å². The summed E-state index contributed by atoms with van der Waals surface area (Å²) in [6, 6.07) is 0. The van der Waals surface area contributed by atoms with Gasteiger partial charge in [0.25, 0.3) is 0 Å². The third-order valence-corrected chi connectivity index (χ3v) is 1.20. The van der Waals surface area contributed by atoms with Crippen molar-refractivity contribution >= 4 is 17.1 Å². The van der Waals surface area contributed by atoms with Gasteiger partial charge in [-0.1, -0.05) is 0 Å². The average molecular weight is 161 g/mol. The molecule has 0 rings (SSSR count). The second kappa shape index (κ2) is 5.46. The van der Waals surface area contributed by atoms with Crippen molar-refractivity contribution in [3.05, 3.63) is 11.6 Å². The predicted molar refractivity (Wildman–Crippen MR) is 42.4 cm³/mol. The highest BCUT2D eigenvalue weighted by atomic mass is 32.2. The molecule has 10 heavy (non-hydrogen) atoms. The fourth-order valence-corrected chi connectivity index (χ4v) is 0.774. The summed E-state index contributed by atoms with van der Waals surface area (Å²) in [6.07, 6.45) is 1.47. The molecule has 0 aromatic carbocycles. The smallest absolute Gasteiger partial charge is 0.226 e. The molecule has 0 spiro atoms. The van der Waals surface area contributed by atoms with E-state index in [9.17, 15) is 4.79 Å². The lowest BCUT2D eigenvalue weighted by molar-refractivity contribution is -0.107. The number of methoxy groups -OCH3 is 1. The molecule has 3 nitrogen and oxygen atoms in total. The summed E-state index contributed by atoms with van der Waals surface area (Å²) in [5.41, 5.74) is 0.880. The first-order valence-corrected chi connectivity index (χ1v) is 3.65. The summed E-state index contributed by atoms with van der Waals surface area (Å²) in [6.45, 7) is 2.30. The molecule has 0 saturated heterocycles. The molecular weight excluding hydrogens is 150 g/mol. The van der Waals surface area contributed by atoms with Crippen LogP contribution in [0.4, 0.5) is 0 Å². The van der Waals surface area contributed by atoms with Gasteiger partial charge in [0.1, 0.15) is 0 Å². The molecular formula is C6H11NO2S. The first-order chi connectivity index (χ1) is 4.70. The lowest BCUT2D eigenvalue weighted by Crippen LogP contribution is -1.96. The van der Waals surface area contributed by atoms with Gasteiger partial charge in [-0.3, -0.25) is 9.93 Å². The molecule has 0 fully saturated rings. The van der Waals surface area contributed by atoms with Gasteiger partial charge in [-0.2, -0.15) is 0 Å². The number of ether oxygens (including phenoxy) is 1. The Morgan fingerprint density at radius 1 is 1.80 bits per heavy atom. The molecule has 0 unspecified atom stereocenters. The standard InChI is InChI=1S/C6H11NO2S/c1-5(4-9-2)3-6(8)10-7/h3H,4,7H2,1-2H3/b5-3+. The average Bonchev–Trinajstić information content (AvgIpc) is 1.88. The highest BCUT2D eigenvalue weighted by molar-refractivity contribution is 8.12. The molecule has 4 heteroatoms. The predicted octanol–water partition coefficient (Wildman–Crippen LogP) is 0.713. The maximum absolute atomic E-state index is 10.6. The van der Waals surface area contributed by atoms with E-state index in [0.717, 1.165) is 5.57 Å². The molecule has 0 atom stereocenters. The Morgan fingerprint density at radius 3 is 2.80 bits per heavy atom. The fourth-order valence-electron chi connectivity index (χ4n) is 0.505. The van der Waals surface area contributed by atoms with Crippen molar-refractivity contribution in [2.24, 2.45) is 5.14 Å². The van der Waals surface area contributed by atoms with Crippen LogP contribution in [0.1, 0.15) is 6.92 Å². The second-order valence-corrected chi connectivity index (χ2v) is 2.50. The van der Waals surface area contributed by atoms with Crippen molar-refractivity contribution in [3.8, 4) is 0 Å². The maximum atomic E-state index is 10.6. The van der Waals surface area contributed by atoms with Crippen LogP contribution in [0.15, 0.2) is 11.6 Å². The quantitative estimate of drug-likeness (QED) is 0.489. The van der Waals surface area contributed by atoms with Crippen LogP contribution in [0.2, 0.25) is 0 Å². The largest absolute Gasteiger partial charge is 0.380 e. The Balaban J connectivity index is 3.77. The van der Waals surface area contributed by atoms with E-state index < -0.39 is 0 Å². The minimum atomic E-state index is -0.144. The van der Waals surface area contributed by atoms with E-state index in [0.29, 0.717) is 18.6 Å². The van der Waals surface area contributed by atoms with E-state index in [1.165, 1.54) is 6.08 Å². The summed E-state index contributed by atoms with van der Waals surface area (Å²) < 4.78 is 4.78. The highest BCUT2D eigenvalue weighted by Gasteiger charge is 1.94. The molecule has 2 N–H and O–H groups in total. The summed E-state index contributed by atoms with van der Waals surface area (Å²) >= 11 is 0.708. The topological polar surface area (TPSA) is 52.3 Å². The van der Waals surface area contributed by atoms with E-state index in [2.05, 4.69) is 0 Å². The Labute approximate surface area is 64.7 Å². The molecule has 0 aromatic rings. The number of nitrogens with two attached hydrogens (primary N) is 1. The number of rotatable bonds is 3. The van der Waals surface area contributed by atoms with Gasteiger partial charge in [0.05, 0.1) is 6.61 Å². The van der Waals surface area contributed by atoms with Crippen LogP contribution in [-0.2, 0) is 9.53 Å². The van der Waals surface area contributed by atoms with Gasteiger partial charge in [0.15, 0.2) is 0 Å². The van der Waals surface area contributed by atoms with Crippen LogP contribution in [0.25, 0.3) is 0 Å². The van der Waals surface area contributed by atoms with Crippen molar-refractivity contribution in [2.45, 2.75) is 6.92 Å². The molecule has 58 valence electrons. The third kappa shape index (κ3) is 4.55. The molecule has 0 aromatic heterocycles. The summed E-state index contributed by atoms with van der Waals surface area (Å²) in [7, 11) is 1.58. The monoisotopic (exact) mass is 161 g/mol. The molecule has 0 aliphatic heterocycles. The van der Waals surface area contributed by atoms with Crippen molar-refractivity contribution in [2.75, 3.05) is 13.7 Å².